The van der Waals surface area contributed by atoms with Gasteiger partial charge in [-0.2, -0.15) is 0 Å². The molecule has 1 saturated carbocycles. The molecule has 1 aliphatic carbocycles. The fourth-order valence-electron chi connectivity index (χ4n) is 2.41. The van der Waals surface area contributed by atoms with Crippen LogP contribution in [-0.4, -0.2) is 28.1 Å². The second-order valence-electron chi connectivity index (χ2n) is 5.93. The van der Waals surface area contributed by atoms with Gasteiger partial charge in [-0.05, 0) is 61.9 Å². The third kappa shape index (κ3) is 4.53. The minimum Gasteiger partial charge on any atom is -0.317 e. The summed E-state index contributed by atoms with van der Waals surface area (Å²) in [5.74, 6) is 0. The molecule has 0 bridgehead atoms. The van der Waals surface area contributed by atoms with E-state index in [9.17, 15) is 8.42 Å². The third-order valence-electron chi connectivity index (χ3n) is 4.42. The van der Waals surface area contributed by atoms with Crippen LogP contribution in [0.1, 0.15) is 38.7 Å². The fraction of sp³-hybridized carbons (Fsp3) is 0.625. The van der Waals surface area contributed by atoms with Crippen molar-refractivity contribution in [2.75, 3.05) is 19.6 Å². The lowest BCUT2D eigenvalue weighted by molar-refractivity contribution is 0.475. The van der Waals surface area contributed by atoms with E-state index in [1.165, 1.54) is 0 Å². The smallest absolute Gasteiger partial charge is 0.240 e. The van der Waals surface area contributed by atoms with Gasteiger partial charge in [0.15, 0.2) is 0 Å². The van der Waals surface area contributed by atoms with E-state index in [1.807, 2.05) is 12.1 Å². The summed E-state index contributed by atoms with van der Waals surface area (Å²) in [5, 5.41) is 3.26. The van der Waals surface area contributed by atoms with Crippen LogP contribution in [0.3, 0.4) is 0 Å². The first-order valence-electron chi connectivity index (χ1n) is 7.81. The summed E-state index contributed by atoms with van der Waals surface area (Å²) in [6.07, 6.45) is 4.23. The SMILES string of the molecule is CCNCCc1ccc(S(=O)(=O)NCC2(CC)CC2)cc1. The molecule has 5 heteroatoms. The number of nitrogens with one attached hydrogen (secondary N) is 2. The second-order valence-corrected chi connectivity index (χ2v) is 7.69. The van der Waals surface area contributed by atoms with Crippen molar-refractivity contribution in [2.24, 2.45) is 5.41 Å². The zero-order valence-electron chi connectivity index (χ0n) is 13.0. The van der Waals surface area contributed by atoms with Crippen molar-refractivity contribution in [1.82, 2.24) is 10.0 Å². The van der Waals surface area contributed by atoms with Crippen LogP contribution in [0.5, 0.6) is 0 Å². The number of benzene rings is 1. The van der Waals surface area contributed by atoms with Gasteiger partial charge in [0, 0.05) is 6.54 Å². The summed E-state index contributed by atoms with van der Waals surface area (Å²) in [7, 11) is -3.37. The second kappa shape index (κ2) is 6.90. The number of rotatable bonds is 9. The Hall–Kier alpha value is -0.910. The molecule has 2 N–H and O–H groups in total. The standard InChI is InChI=1S/C16H26N2O2S/c1-3-16(10-11-16)13-18-21(19,20)15-7-5-14(6-8-15)9-12-17-4-2/h5-8,17-18H,3-4,9-13H2,1-2H3. The first-order valence-corrected chi connectivity index (χ1v) is 9.29. The molecule has 1 aromatic carbocycles. The van der Waals surface area contributed by atoms with Gasteiger partial charge in [0.1, 0.15) is 0 Å². The molecule has 118 valence electrons. The lowest BCUT2D eigenvalue weighted by atomic mass is 10.1. The van der Waals surface area contributed by atoms with Crippen LogP contribution in [0.15, 0.2) is 29.2 Å². The first-order chi connectivity index (χ1) is 10.0. The molecular formula is C16H26N2O2S. The van der Waals surface area contributed by atoms with Gasteiger partial charge in [0.05, 0.1) is 4.90 Å². The Balaban J connectivity index is 1.93. The molecule has 0 aromatic heterocycles. The van der Waals surface area contributed by atoms with E-state index < -0.39 is 10.0 Å². The van der Waals surface area contributed by atoms with E-state index in [-0.39, 0.29) is 5.41 Å². The van der Waals surface area contributed by atoms with Crippen molar-refractivity contribution in [3.8, 4) is 0 Å². The molecule has 4 nitrogen and oxygen atoms in total. The maximum Gasteiger partial charge on any atom is 0.240 e. The Bertz CT molecular complexity index is 548. The molecule has 1 aromatic rings. The summed E-state index contributed by atoms with van der Waals surface area (Å²) in [4.78, 5) is 0.363. The molecule has 1 aliphatic rings. The molecule has 0 saturated heterocycles. The minimum atomic E-state index is -3.37. The van der Waals surface area contributed by atoms with Crippen molar-refractivity contribution >= 4 is 10.0 Å². The molecule has 0 spiro atoms. The van der Waals surface area contributed by atoms with Crippen molar-refractivity contribution in [2.45, 2.75) is 44.4 Å². The highest BCUT2D eigenvalue weighted by atomic mass is 32.2. The quantitative estimate of drug-likeness (QED) is 0.688. The van der Waals surface area contributed by atoms with Gasteiger partial charge in [-0.25, -0.2) is 13.1 Å². The third-order valence-corrected chi connectivity index (χ3v) is 5.84. The largest absolute Gasteiger partial charge is 0.317 e. The number of hydrogen-bond donors (Lipinski definition) is 2. The van der Waals surface area contributed by atoms with Crippen molar-refractivity contribution < 1.29 is 8.42 Å². The lowest BCUT2D eigenvalue weighted by Crippen LogP contribution is -2.30. The van der Waals surface area contributed by atoms with Gasteiger partial charge in [-0.3, -0.25) is 0 Å². The van der Waals surface area contributed by atoms with E-state index in [1.54, 1.807) is 12.1 Å². The summed E-state index contributed by atoms with van der Waals surface area (Å²) >= 11 is 0. The molecule has 0 aliphatic heterocycles. The van der Waals surface area contributed by atoms with Crippen molar-refractivity contribution in [3.05, 3.63) is 29.8 Å². The van der Waals surface area contributed by atoms with Gasteiger partial charge >= 0.3 is 0 Å². The Kier molecular flexibility index (Phi) is 5.41. The van der Waals surface area contributed by atoms with Crippen LogP contribution in [0, 0.1) is 5.41 Å². The Morgan fingerprint density at radius 1 is 1.14 bits per heavy atom. The summed E-state index contributed by atoms with van der Waals surface area (Å²) in [6, 6.07) is 7.21. The molecule has 0 heterocycles. The Labute approximate surface area is 128 Å². The predicted molar refractivity (Wildman–Crippen MR) is 85.8 cm³/mol. The Morgan fingerprint density at radius 2 is 1.81 bits per heavy atom. The minimum absolute atomic E-state index is 0.221. The average Bonchev–Trinajstić information content (AvgIpc) is 3.27. The van der Waals surface area contributed by atoms with Gasteiger partial charge in [0.25, 0.3) is 0 Å². The molecule has 1 fully saturated rings. The van der Waals surface area contributed by atoms with Gasteiger partial charge in [0.2, 0.25) is 10.0 Å². The van der Waals surface area contributed by atoms with Crippen molar-refractivity contribution in [1.29, 1.82) is 0 Å². The number of sulfonamides is 1. The highest BCUT2D eigenvalue weighted by Gasteiger charge is 2.41. The predicted octanol–water partition coefficient (Wildman–Crippen LogP) is 2.31. The van der Waals surface area contributed by atoms with Crippen LogP contribution >= 0.6 is 0 Å². The maximum atomic E-state index is 12.3. The molecule has 21 heavy (non-hydrogen) atoms. The summed E-state index contributed by atoms with van der Waals surface area (Å²) < 4.78 is 27.3. The van der Waals surface area contributed by atoms with Crippen LogP contribution in [0.4, 0.5) is 0 Å². The highest BCUT2D eigenvalue weighted by molar-refractivity contribution is 7.89. The molecule has 0 radical (unpaired) electrons. The maximum absolute atomic E-state index is 12.3. The fourth-order valence-corrected chi connectivity index (χ4v) is 3.57. The van der Waals surface area contributed by atoms with E-state index in [0.717, 1.165) is 44.3 Å². The molecular weight excluding hydrogens is 284 g/mol. The Morgan fingerprint density at radius 3 is 2.33 bits per heavy atom. The zero-order valence-corrected chi connectivity index (χ0v) is 13.8. The first kappa shape index (κ1) is 16.5. The van der Waals surface area contributed by atoms with Crippen molar-refractivity contribution in [3.63, 3.8) is 0 Å². The zero-order chi connectivity index (χ0) is 15.3. The molecule has 2 rings (SSSR count). The summed E-state index contributed by atoms with van der Waals surface area (Å²) in [6.45, 7) is 6.63. The highest BCUT2D eigenvalue weighted by Crippen LogP contribution is 2.48. The van der Waals surface area contributed by atoms with E-state index in [4.69, 9.17) is 0 Å². The lowest BCUT2D eigenvalue weighted by Gasteiger charge is -2.14. The van der Waals surface area contributed by atoms with Crippen LogP contribution in [0.2, 0.25) is 0 Å². The summed E-state index contributed by atoms with van der Waals surface area (Å²) in [5.41, 5.74) is 1.38. The number of likely N-dealkylation sites (N-methyl/N-ethyl adjacent to an activating group) is 1. The average molecular weight is 310 g/mol. The molecule has 0 unspecified atom stereocenters. The van der Waals surface area contributed by atoms with Crippen LogP contribution in [0.25, 0.3) is 0 Å². The van der Waals surface area contributed by atoms with E-state index >= 15 is 0 Å². The van der Waals surface area contributed by atoms with Crippen LogP contribution in [-0.2, 0) is 16.4 Å². The van der Waals surface area contributed by atoms with Gasteiger partial charge in [-0.1, -0.05) is 26.0 Å². The van der Waals surface area contributed by atoms with Gasteiger partial charge < -0.3 is 5.32 Å². The topological polar surface area (TPSA) is 58.2 Å². The monoisotopic (exact) mass is 310 g/mol. The van der Waals surface area contributed by atoms with E-state index in [2.05, 4.69) is 23.9 Å². The van der Waals surface area contributed by atoms with E-state index in [0.29, 0.717) is 11.4 Å². The molecule has 0 atom stereocenters. The van der Waals surface area contributed by atoms with Gasteiger partial charge in [-0.15, -0.1) is 0 Å². The molecule has 0 amide bonds. The normalized spacial score (nSPS) is 16.9. The van der Waals surface area contributed by atoms with Crippen LogP contribution < -0.4 is 10.0 Å². The number of hydrogen-bond acceptors (Lipinski definition) is 3.